The van der Waals surface area contributed by atoms with Crippen molar-refractivity contribution in [1.29, 1.82) is 0 Å². The van der Waals surface area contributed by atoms with Gasteiger partial charge in [-0.15, -0.1) is 5.10 Å². The molecular weight excluding hydrogens is 352 g/mol. The molecule has 0 unspecified atom stereocenters. The van der Waals surface area contributed by atoms with Gasteiger partial charge in [0.1, 0.15) is 12.7 Å². The summed E-state index contributed by atoms with van der Waals surface area (Å²) in [7, 11) is 0. The molecule has 1 aliphatic rings. The number of anilines is 1. The van der Waals surface area contributed by atoms with Crippen LogP contribution in [0.15, 0.2) is 54.7 Å². The van der Waals surface area contributed by atoms with Gasteiger partial charge in [0.25, 0.3) is 0 Å². The summed E-state index contributed by atoms with van der Waals surface area (Å²) in [5, 5.41) is 11.9. The van der Waals surface area contributed by atoms with Crippen molar-refractivity contribution in [3.63, 3.8) is 0 Å². The molecule has 0 spiro atoms. The van der Waals surface area contributed by atoms with E-state index in [0.717, 1.165) is 29.2 Å². The molecule has 7 heteroatoms. The fourth-order valence-corrected chi connectivity index (χ4v) is 2.91. The van der Waals surface area contributed by atoms with Gasteiger partial charge in [-0.2, -0.15) is 5.10 Å². The molecule has 0 radical (unpaired) electrons. The predicted molar refractivity (Wildman–Crippen MR) is 99.7 cm³/mol. The van der Waals surface area contributed by atoms with Crippen molar-refractivity contribution in [1.82, 2.24) is 15.2 Å². The highest BCUT2D eigenvalue weighted by Crippen LogP contribution is 2.31. The van der Waals surface area contributed by atoms with Gasteiger partial charge in [-0.3, -0.25) is 0 Å². The normalized spacial score (nSPS) is 15.5. The minimum atomic E-state index is -0.0125. The van der Waals surface area contributed by atoms with E-state index in [1.54, 1.807) is 6.20 Å². The van der Waals surface area contributed by atoms with Gasteiger partial charge in [-0.25, -0.2) is 4.98 Å². The average Bonchev–Trinajstić information content (AvgIpc) is 2.68. The first kappa shape index (κ1) is 16.6. The predicted octanol–water partition coefficient (Wildman–Crippen LogP) is 3.83. The fraction of sp³-hybridized carbons (Fsp3) is 0.211. The highest BCUT2D eigenvalue weighted by molar-refractivity contribution is 6.30. The van der Waals surface area contributed by atoms with E-state index in [4.69, 9.17) is 21.1 Å². The lowest BCUT2D eigenvalue weighted by molar-refractivity contribution is 0.0873. The molecule has 6 nitrogen and oxygen atoms in total. The Morgan fingerprint density at radius 3 is 2.88 bits per heavy atom. The number of benzene rings is 2. The number of rotatable bonds is 5. The molecule has 0 saturated heterocycles. The van der Waals surface area contributed by atoms with E-state index in [1.807, 2.05) is 48.5 Å². The lowest BCUT2D eigenvalue weighted by Gasteiger charge is -2.26. The van der Waals surface area contributed by atoms with Gasteiger partial charge in [0.15, 0.2) is 11.5 Å². The molecule has 4 rings (SSSR count). The number of fused-ring (bicyclic) bond motifs is 1. The third-order valence-corrected chi connectivity index (χ3v) is 4.23. The number of nitrogens with one attached hydrogen (secondary N) is 1. The molecule has 26 heavy (non-hydrogen) atoms. The van der Waals surface area contributed by atoms with Crippen LogP contribution in [-0.2, 0) is 0 Å². The maximum absolute atomic E-state index is 6.03. The Hall–Kier alpha value is -2.86. The fourth-order valence-electron chi connectivity index (χ4n) is 2.72. The summed E-state index contributed by atoms with van der Waals surface area (Å²) in [5.41, 5.74) is 1.62. The molecule has 3 aromatic rings. The molecule has 2 heterocycles. The van der Waals surface area contributed by atoms with Crippen molar-refractivity contribution >= 4 is 17.5 Å². The highest BCUT2D eigenvalue weighted by atomic mass is 35.5. The van der Waals surface area contributed by atoms with E-state index in [0.29, 0.717) is 24.1 Å². The Bertz CT molecular complexity index is 906. The van der Waals surface area contributed by atoms with Crippen LogP contribution in [0.5, 0.6) is 11.5 Å². The van der Waals surface area contributed by atoms with Gasteiger partial charge in [-0.1, -0.05) is 35.9 Å². The maximum atomic E-state index is 6.03. The molecule has 1 N–H and O–H groups in total. The largest absolute Gasteiger partial charge is 0.486 e. The van der Waals surface area contributed by atoms with Crippen LogP contribution >= 0.6 is 11.6 Å². The quantitative estimate of drug-likeness (QED) is 0.738. The second-order valence-corrected chi connectivity index (χ2v) is 6.33. The Balaban J connectivity index is 1.35. The third-order valence-electron chi connectivity index (χ3n) is 4.00. The van der Waals surface area contributed by atoms with E-state index in [1.165, 1.54) is 0 Å². The molecule has 0 aliphatic carbocycles. The van der Waals surface area contributed by atoms with E-state index in [-0.39, 0.29) is 6.10 Å². The number of hydrogen-bond acceptors (Lipinski definition) is 6. The number of ether oxygens (including phenoxy) is 2. The van der Waals surface area contributed by atoms with Crippen molar-refractivity contribution in [2.45, 2.75) is 12.5 Å². The zero-order chi connectivity index (χ0) is 17.8. The van der Waals surface area contributed by atoms with Gasteiger partial charge < -0.3 is 14.8 Å². The van der Waals surface area contributed by atoms with Gasteiger partial charge in [-0.05, 0) is 24.3 Å². The third kappa shape index (κ3) is 3.86. The molecule has 1 aliphatic heterocycles. The lowest BCUT2D eigenvalue weighted by atomic mass is 10.2. The lowest BCUT2D eigenvalue weighted by Crippen LogP contribution is -2.31. The van der Waals surface area contributed by atoms with Crippen LogP contribution in [0.4, 0.5) is 5.95 Å². The van der Waals surface area contributed by atoms with Gasteiger partial charge >= 0.3 is 0 Å². The highest BCUT2D eigenvalue weighted by Gasteiger charge is 2.20. The summed E-state index contributed by atoms with van der Waals surface area (Å²) in [6.45, 7) is 1.18. The SMILES string of the molecule is Clc1cccc(-c2cnnc(NCC[C@@H]3COc4ccccc4O3)n2)c1. The topological polar surface area (TPSA) is 69.2 Å². The van der Waals surface area contributed by atoms with E-state index in [9.17, 15) is 0 Å². The molecule has 0 bridgehead atoms. The van der Waals surface area contributed by atoms with Gasteiger partial charge in [0.05, 0.1) is 11.9 Å². The molecule has 0 amide bonds. The second kappa shape index (κ2) is 7.58. The van der Waals surface area contributed by atoms with Crippen molar-refractivity contribution in [2.75, 3.05) is 18.5 Å². The molecule has 0 fully saturated rings. The summed E-state index contributed by atoms with van der Waals surface area (Å²) >= 11 is 6.03. The first-order valence-electron chi connectivity index (χ1n) is 8.36. The minimum absolute atomic E-state index is 0.0125. The van der Waals surface area contributed by atoms with Gasteiger partial charge in [0.2, 0.25) is 5.95 Å². The Kier molecular flexibility index (Phi) is 4.84. The Morgan fingerprint density at radius 2 is 2.00 bits per heavy atom. The van der Waals surface area contributed by atoms with Crippen LogP contribution in [0.2, 0.25) is 5.02 Å². The number of aromatic nitrogens is 3. The van der Waals surface area contributed by atoms with Crippen LogP contribution in [-0.4, -0.2) is 34.4 Å². The monoisotopic (exact) mass is 368 g/mol. The first-order chi connectivity index (χ1) is 12.8. The zero-order valence-electron chi connectivity index (χ0n) is 13.9. The van der Waals surface area contributed by atoms with Crippen molar-refractivity contribution in [3.05, 3.63) is 59.8 Å². The number of para-hydroxylation sites is 2. The van der Waals surface area contributed by atoms with Crippen LogP contribution < -0.4 is 14.8 Å². The zero-order valence-corrected chi connectivity index (χ0v) is 14.7. The van der Waals surface area contributed by atoms with Crippen LogP contribution in [0.3, 0.4) is 0 Å². The maximum Gasteiger partial charge on any atom is 0.243 e. The summed E-state index contributed by atoms with van der Waals surface area (Å²) < 4.78 is 11.7. The van der Waals surface area contributed by atoms with E-state index < -0.39 is 0 Å². The average molecular weight is 369 g/mol. The minimum Gasteiger partial charge on any atom is -0.486 e. The molecule has 132 valence electrons. The van der Waals surface area contributed by atoms with Crippen LogP contribution in [0, 0.1) is 0 Å². The number of hydrogen-bond donors (Lipinski definition) is 1. The number of nitrogens with zero attached hydrogens (tertiary/aromatic N) is 3. The molecular formula is C19H17ClN4O2. The van der Waals surface area contributed by atoms with Crippen molar-refractivity contribution in [3.8, 4) is 22.8 Å². The Morgan fingerprint density at radius 1 is 1.12 bits per heavy atom. The van der Waals surface area contributed by atoms with Crippen molar-refractivity contribution < 1.29 is 9.47 Å². The van der Waals surface area contributed by atoms with Crippen LogP contribution in [0.25, 0.3) is 11.3 Å². The number of halogens is 1. The second-order valence-electron chi connectivity index (χ2n) is 5.89. The molecule has 0 saturated carbocycles. The summed E-state index contributed by atoms with van der Waals surface area (Å²) in [4.78, 5) is 4.49. The van der Waals surface area contributed by atoms with Crippen LogP contribution in [0.1, 0.15) is 6.42 Å². The van der Waals surface area contributed by atoms with E-state index in [2.05, 4.69) is 20.5 Å². The van der Waals surface area contributed by atoms with E-state index >= 15 is 0 Å². The summed E-state index contributed by atoms with van der Waals surface area (Å²) in [6.07, 6.45) is 2.37. The summed E-state index contributed by atoms with van der Waals surface area (Å²) in [6, 6.07) is 15.2. The smallest absolute Gasteiger partial charge is 0.243 e. The molecule has 1 aromatic heterocycles. The Labute approximate surface area is 156 Å². The van der Waals surface area contributed by atoms with Gasteiger partial charge in [0, 0.05) is 23.6 Å². The van der Waals surface area contributed by atoms with Crippen molar-refractivity contribution in [2.24, 2.45) is 0 Å². The summed E-state index contributed by atoms with van der Waals surface area (Å²) in [5.74, 6) is 2.04. The molecule has 2 aromatic carbocycles. The standard InChI is InChI=1S/C19H17ClN4O2/c20-14-5-3-4-13(10-14)16-11-22-24-19(23-16)21-9-8-15-12-25-17-6-1-2-7-18(17)26-15/h1-7,10-11,15H,8-9,12H2,(H,21,23,24)/t15-/m1/s1. The molecule has 1 atom stereocenters. The first-order valence-corrected chi connectivity index (χ1v) is 8.74.